The van der Waals surface area contributed by atoms with Crippen LogP contribution in [0.25, 0.3) is 11.5 Å². The molecule has 0 bridgehead atoms. The van der Waals surface area contributed by atoms with Crippen LogP contribution in [0.2, 0.25) is 0 Å². The van der Waals surface area contributed by atoms with E-state index < -0.39 is 0 Å². The van der Waals surface area contributed by atoms with Crippen molar-refractivity contribution in [2.24, 2.45) is 11.7 Å². The number of nitrogens with zero attached hydrogens (tertiary/aromatic N) is 5. The predicted octanol–water partition coefficient (Wildman–Crippen LogP) is 2.25. The molecule has 154 valence electrons. The Kier molecular flexibility index (Phi) is 6.66. The van der Waals surface area contributed by atoms with Crippen LogP contribution in [0, 0.1) is 12.8 Å². The minimum atomic E-state index is -0.180. The average Bonchev–Trinajstić information content (AvgIpc) is 3.19. The number of benzene rings is 1. The maximum atomic E-state index is 12.5. The Balaban J connectivity index is 0.00000240. The molecule has 0 atom stereocenters. The normalized spacial score (nSPS) is 14.6. The highest BCUT2D eigenvalue weighted by atomic mass is 35.5. The summed E-state index contributed by atoms with van der Waals surface area (Å²) >= 11 is 0. The fourth-order valence-corrected chi connectivity index (χ4v) is 3.41. The van der Waals surface area contributed by atoms with Gasteiger partial charge in [0, 0.05) is 24.7 Å². The van der Waals surface area contributed by atoms with Crippen molar-refractivity contribution in [3.05, 3.63) is 58.3 Å². The average molecular weight is 417 g/mol. The minimum Gasteiger partial charge on any atom is -0.370 e. The Morgan fingerprint density at radius 2 is 1.93 bits per heavy atom. The molecule has 9 heteroatoms. The summed E-state index contributed by atoms with van der Waals surface area (Å²) in [5.41, 5.74) is 8.42. The molecule has 8 nitrogen and oxygen atoms in total. The number of aryl methyl sites for hydroxylation is 1. The van der Waals surface area contributed by atoms with E-state index >= 15 is 0 Å². The molecule has 29 heavy (non-hydrogen) atoms. The first-order chi connectivity index (χ1) is 13.6. The van der Waals surface area contributed by atoms with Crippen LogP contribution in [-0.4, -0.2) is 39.6 Å². The third-order valence-corrected chi connectivity index (χ3v) is 5.23. The molecule has 2 N–H and O–H groups in total. The fraction of sp³-hybridized carbons (Fsp3) is 0.400. The van der Waals surface area contributed by atoms with Gasteiger partial charge >= 0.3 is 0 Å². The first-order valence-corrected chi connectivity index (χ1v) is 9.54. The second-order valence-electron chi connectivity index (χ2n) is 7.26. The molecule has 1 saturated heterocycles. The molecule has 1 fully saturated rings. The van der Waals surface area contributed by atoms with Gasteiger partial charge in [-0.3, -0.25) is 4.79 Å². The summed E-state index contributed by atoms with van der Waals surface area (Å²) in [7, 11) is 0. The van der Waals surface area contributed by atoms with Gasteiger partial charge in [0.25, 0.3) is 11.4 Å². The second-order valence-corrected chi connectivity index (χ2v) is 7.26. The lowest BCUT2D eigenvalue weighted by Crippen LogP contribution is -2.37. The maximum Gasteiger partial charge on any atom is 0.269 e. The molecule has 1 aromatic carbocycles. The van der Waals surface area contributed by atoms with Crippen LogP contribution in [0.3, 0.4) is 0 Å². The smallest absolute Gasteiger partial charge is 0.269 e. The number of piperidine rings is 1. The van der Waals surface area contributed by atoms with E-state index in [2.05, 4.69) is 20.1 Å². The van der Waals surface area contributed by atoms with Crippen LogP contribution in [0.15, 0.2) is 45.8 Å². The number of nitrogens with two attached hydrogens (primary N) is 1. The van der Waals surface area contributed by atoms with Crippen molar-refractivity contribution in [2.45, 2.75) is 26.3 Å². The standard InChI is InChI=1S/C20H24N6O2.ClH/c1-14-2-4-16(5-3-14)20-23-18(24-28-20)13-26-19(27)10-17(12-22-26)25-8-6-15(11-21)7-9-25;/h2-5,10,12,15H,6-9,11,13,21H2,1H3;1H. The highest BCUT2D eigenvalue weighted by molar-refractivity contribution is 5.85. The number of halogens is 1. The number of rotatable bonds is 5. The van der Waals surface area contributed by atoms with Gasteiger partial charge in [0.05, 0.1) is 11.9 Å². The molecule has 3 heterocycles. The zero-order valence-corrected chi connectivity index (χ0v) is 17.1. The van der Waals surface area contributed by atoms with Gasteiger partial charge in [-0.2, -0.15) is 10.1 Å². The fourth-order valence-electron chi connectivity index (χ4n) is 3.41. The van der Waals surface area contributed by atoms with Crippen molar-refractivity contribution in [2.75, 3.05) is 24.5 Å². The minimum absolute atomic E-state index is 0. The Hall–Kier alpha value is -2.71. The lowest BCUT2D eigenvalue weighted by Gasteiger charge is -2.32. The summed E-state index contributed by atoms with van der Waals surface area (Å²) in [4.78, 5) is 19.1. The Bertz CT molecular complexity index is 993. The SMILES string of the molecule is Cc1ccc(-c2nc(Cn3ncc(N4CCC(CN)CC4)cc3=O)no2)cc1.Cl. The van der Waals surface area contributed by atoms with Crippen LogP contribution in [0.1, 0.15) is 24.2 Å². The second kappa shape index (κ2) is 9.19. The van der Waals surface area contributed by atoms with Gasteiger partial charge in [0.1, 0.15) is 6.54 Å². The molecule has 0 amide bonds. The largest absolute Gasteiger partial charge is 0.370 e. The third kappa shape index (κ3) is 4.83. The van der Waals surface area contributed by atoms with E-state index in [0.717, 1.165) is 49.3 Å². The summed E-state index contributed by atoms with van der Waals surface area (Å²) in [6.07, 6.45) is 3.82. The Morgan fingerprint density at radius 1 is 1.21 bits per heavy atom. The van der Waals surface area contributed by atoms with Gasteiger partial charge in [-0.15, -0.1) is 12.4 Å². The van der Waals surface area contributed by atoms with Crippen molar-refractivity contribution in [3.8, 4) is 11.5 Å². The monoisotopic (exact) mass is 416 g/mol. The highest BCUT2D eigenvalue weighted by Gasteiger charge is 2.19. The van der Waals surface area contributed by atoms with E-state index in [-0.39, 0.29) is 24.5 Å². The van der Waals surface area contributed by atoms with Crippen molar-refractivity contribution in [1.29, 1.82) is 0 Å². The van der Waals surface area contributed by atoms with Crippen LogP contribution < -0.4 is 16.2 Å². The van der Waals surface area contributed by atoms with Crippen molar-refractivity contribution >= 4 is 18.1 Å². The first-order valence-electron chi connectivity index (χ1n) is 9.54. The maximum absolute atomic E-state index is 12.5. The molecule has 2 aromatic heterocycles. The zero-order valence-electron chi connectivity index (χ0n) is 16.3. The van der Waals surface area contributed by atoms with Gasteiger partial charge in [0.15, 0.2) is 5.82 Å². The van der Waals surface area contributed by atoms with Gasteiger partial charge < -0.3 is 15.2 Å². The quantitative estimate of drug-likeness (QED) is 0.680. The van der Waals surface area contributed by atoms with Crippen LogP contribution in [0.4, 0.5) is 5.69 Å². The van der Waals surface area contributed by atoms with Crippen molar-refractivity contribution in [1.82, 2.24) is 19.9 Å². The third-order valence-electron chi connectivity index (χ3n) is 5.23. The van der Waals surface area contributed by atoms with Crippen molar-refractivity contribution < 1.29 is 4.52 Å². The van der Waals surface area contributed by atoms with E-state index in [1.54, 1.807) is 12.3 Å². The molecule has 0 spiro atoms. The Labute approximate surface area is 175 Å². The van der Waals surface area contributed by atoms with E-state index in [0.29, 0.717) is 17.6 Å². The summed E-state index contributed by atoms with van der Waals surface area (Å²) in [5, 5.41) is 8.27. The lowest BCUT2D eigenvalue weighted by atomic mass is 9.97. The van der Waals surface area contributed by atoms with Crippen LogP contribution >= 0.6 is 12.4 Å². The molecule has 0 unspecified atom stereocenters. The number of hydrogen-bond acceptors (Lipinski definition) is 7. The van der Waals surface area contributed by atoms with E-state index in [1.165, 1.54) is 4.68 Å². The molecule has 1 aliphatic rings. The molecule has 0 aliphatic carbocycles. The molecule has 4 rings (SSSR count). The van der Waals surface area contributed by atoms with Crippen LogP contribution in [0.5, 0.6) is 0 Å². The van der Waals surface area contributed by atoms with E-state index in [9.17, 15) is 4.79 Å². The summed E-state index contributed by atoms with van der Waals surface area (Å²) in [5.74, 6) is 1.43. The number of anilines is 1. The van der Waals surface area contributed by atoms with E-state index in [4.69, 9.17) is 10.3 Å². The summed E-state index contributed by atoms with van der Waals surface area (Å²) < 4.78 is 6.67. The topological polar surface area (TPSA) is 103 Å². The Morgan fingerprint density at radius 3 is 2.59 bits per heavy atom. The molecule has 0 radical (unpaired) electrons. The molecule has 1 aliphatic heterocycles. The molecular formula is C20H25ClN6O2. The lowest BCUT2D eigenvalue weighted by molar-refractivity contribution is 0.413. The summed E-state index contributed by atoms with van der Waals surface area (Å²) in [6.45, 7) is 4.72. The van der Waals surface area contributed by atoms with Crippen molar-refractivity contribution in [3.63, 3.8) is 0 Å². The first kappa shape index (κ1) is 21.0. The predicted molar refractivity (Wildman–Crippen MR) is 113 cm³/mol. The zero-order chi connectivity index (χ0) is 19.5. The molecular weight excluding hydrogens is 392 g/mol. The van der Waals surface area contributed by atoms with Crippen LogP contribution in [-0.2, 0) is 6.54 Å². The molecule has 0 saturated carbocycles. The summed E-state index contributed by atoms with van der Waals surface area (Å²) in [6, 6.07) is 9.46. The van der Waals surface area contributed by atoms with Gasteiger partial charge in [-0.1, -0.05) is 22.9 Å². The highest BCUT2D eigenvalue weighted by Crippen LogP contribution is 2.21. The number of hydrogen-bond donors (Lipinski definition) is 1. The van der Waals surface area contributed by atoms with Gasteiger partial charge in [-0.05, 0) is 44.4 Å². The van der Waals surface area contributed by atoms with Gasteiger partial charge in [0.2, 0.25) is 0 Å². The van der Waals surface area contributed by atoms with Gasteiger partial charge in [-0.25, -0.2) is 4.68 Å². The van der Waals surface area contributed by atoms with E-state index in [1.807, 2.05) is 31.2 Å². The number of aromatic nitrogens is 4. The molecule has 3 aromatic rings.